The van der Waals surface area contributed by atoms with Gasteiger partial charge in [0.05, 0.1) is 5.76 Å². The van der Waals surface area contributed by atoms with Gasteiger partial charge in [0, 0.05) is 0 Å². The Balaban J connectivity index is 2.70. The molecule has 0 aromatic carbocycles. The first kappa shape index (κ1) is 7.64. The molecule has 0 N–H and O–H groups in total. The molecule has 0 aromatic heterocycles. The third-order valence-electron chi connectivity index (χ3n) is 1.77. The average Bonchev–Trinajstić information content (AvgIpc) is 1.54. The average molecular weight is 140 g/mol. The lowest BCUT2D eigenvalue weighted by Gasteiger charge is -2.33. The molecule has 58 valence electrons. The van der Waals surface area contributed by atoms with Crippen LogP contribution in [0.5, 0.6) is 0 Å². The Kier molecular flexibility index (Phi) is 1.76. The quantitative estimate of drug-likeness (QED) is 0.502. The van der Waals surface area contributed by atoms with Gasteiger partial charge in [-0.3, -0.25) is 0 Å². The van der Waals surface area contributed by atoms with E-state index in [1.165, 1.54) is 0 Å². The third-order valence-corrected chi connectivity index (χ3v) is 1.77. The van der Waals surface area contributed by atoms with E-state index in [9.17, 15) is 0 Å². The van der Waals surface area contributed by atoms with Crippen LogP contribution in [-0.4, -0.2) is 5.60 Å². The standard InChI is InChI=1S/C9H16O/c1-7-5-8(2)10-9(3,4)6-7/h5,7H,6H2,1-4H3. The highest BCUT2D eigenvalue weighted by Gasteiger charge is 2.25. The van der Waals surface area contributed by atoms with Crippen molar-refractivity contribution in [1.29, 1.82) is 0 Å². The normalized spacial score (nSPS) is 30.8. The molecular weight excluding hydrogens is 124 g/mol. The van der Waals surface area contributed by atoms with Gasteiger partial charge in [0.25, 0.3) is 0 Å². The predicted octanol–water partition coefficient (Wildman–Crippen LogP) is 2.73. The Labute approximate surface area is 63.1 Å². The second-order valence-electron chi connectivity index (χ2n) is 3.82. The molecule has 0 aromatic rings. The molecule has 1 atom stereocenters. The van der Waals surface area contributed by atoms with E-state index in [1.54, 1.807) is 0 Å². The van der Waals surface area contributed by atoms with Gasteiger partial charge in [-0.05, 0) is 39.2 Å². The van der Waals surface area contributed by atoms with Gasteiger partial charge in [0.15, 0.2) is 0 Å². The maximum absolute atomic E-state index is 5.61. The van der Waals surface area contributed by atoms with E-state index in [1.807, 2.05) is 6.92 Å². The lowest BCUT2D eigenvalue weighted by Crippen LogP contribution is -2.29. The van der Waals surface area contributed by atoms with Crippen molar-refractivity contribution in [2.24, 2.45) is 5.92 Å². The van der Waals surface area contributed by atoms with Crippen LogP contribution in [0.2, 0.25) is 0 Å². The van der Waals surface area contributed by atoms with E-state index < -0.39 is 0 Å². The number of hydrogen-bond donors (Lipinski definition) is 0. The van der Waals surface area contributed by atoms with Crippen molar-refractivity contribution in [3.8, 4) is 0 Å². The molecule has 1 unspecified atom stereocenters. The van der Waals surface area contributed by atoms with Crippen LogP contribution in [0.15, 0.2) is 11.8 Å². The Morgan fingerprint density at radius 2 is 2.20 bits per heavy atom. The Bertz CT molecular complexity index is 156. The maximum atomic E-state index is 5.61. The number of rotatable bonds is 0. The summed E-state index contributed by atoms with van der Waals surface area (Å²) >= 11 is 0. The Morgan fingerprint density at radius 1 is 1.60 bits per heavy atom. The molecule has 0 amide bonds. The van der Waals surface area contributed by atoms with Gasteiger partial charge in [-0.15, -0.1) is 0 Å². The van der Waals surface area contributed by atoms with Gasteiger partial charge in [-0.1, -0.05) is 6.92 Å². The lowest BCUT2D eigenvalue weighted by molar-refractivity contribution is 0.00540. The topological polar surface area (TPSA) is 9.23 Å². The third kappa shape index (κ3) is 1.76. The zero-order valence-electron chi connectivity index (χ0n) is 7.27. The molecule has 1 heteroatoms. The zero-order chi connectivity index (χ0) is 7.78. The molecule has 1 aliphatic rings. The van der Waals surface area contributed by atoms with E-state index in [0.29, 0.717) is 5.92 Å². The van der Waals surface area contributed by atoms with Gasteiger partial charge in [-0.25, -0.2) is 0 Å². The van der Waals surface area contributed by atoms with E-state index in [-0.39, 0.29) is 5.60 Å². The van der Waals surface area contributed by atoms with Crippen molar-refractivity contribution < 1.29 is 4.74 Å². The summed E-state index contributed by atoms with van der Waals surface area (Å²) in [4.78, 5) is 0. The van der Waals surface area contributed by atoms with Crippen LogP contribution < -0.4 is 0 Å². The van der Waals surface area contributed by atoms with E-state index in [2.05, 4.69) is 26.8 Å². The molecule has 1 nitrogen and oxygen atoms in total. The zero-order valence-corrected chi connectivity index (χ0v) is 7.27. The first-order valence-electron chi connectivity index (χ1n) is 3.87. The molecule has 0 saturated heterocycles. The predicted molar refractivity (Wildman–Crippen MR) is 42.7 cm³/mol. The summed E-state index contributed by atoms with van der Waals surface area (Å²) in [5, 5.41) is 0. The highest BCUT2D eigenvalue weighted by Crippen LogP contribution is 2.29. The molecule has 0 bridgehead atoms. The minimum absolute atomic E-state index is 0.0538. The summed E-state index contributed by atoms with van der Waals surface area (Å²) in [6, 6.07) is 0. The van der Waals surface area contributed by atoms with E-state index in [0.717, 1.165) is 12.2 Å². The van der Waals surface area contributed by atoms with Crippen molar-refractivity contribution in [2.75, 3.05) is 0 Å². The number of hydrogen-bond acceptors (Lipinski definition) is 1. The second kappa shape index (κ2) is 2.30. The summed E-state index contributed by atoms with van der Waals surface area (Å²) in [5.41, 5.74) is 0.0538. The largest absolute Gasteiger partial charge is 0.493 e. The summed E-state index contributed by atoms with van der Waals surface area (Å²) in [6.07, 6.45) is 3.32. The first-order valence-corrected chi connectivity index (χ1v) is 3.87. The fraction of sp³-hybridized carbons (Fsp3) is 0.778. The van der Waals surface area contributed by atoms with Gasteiger partial charge in [0.2, 0.25) is 0 Å². The molecule has 0 aliphatic carbocycles. The molecule has 1 heterocycles. The van der Waals surface area contributed by atoms with E-state index >= 15 is 0 Å². The van der Waals surface area contributed by atoms with Crippen LogP contribution in [0.4, 0.5) is 0 Å². The van der Waals surface area contributed by atoms with Crippen molar-refractivity contribution in [2.45, 2.75) is 39.7 Å². The first-order chi connectivity index (χ1) is 4.49. The molecule has 1 rings (SSSR count). The van der Waals surface area contributed by atoms with Crippen LogP contribution in [0.1, 0.15) is 34.1 Å². The summed E-state index contributed by atoms with van der Waals surface area (Å²) < 4.78 is 5.61. The fourth-order valence-electron chi connectivity index (χ4n) is 1.75. The van der Waals surface area contributed by atoms with Crippen molar-refractivity contribution in [1.82, 2.24) is 0 Å². The molecule has 0 radical (unpaired) electrons. The summed E-state index contributed by atoms with van der Waals surface area (Å²) in [7, 11) is 0. The van der Waals surface area contributed by atoms with Crippen molar-refractivity contribution in [3.63, 3.8) is 0 Å². The molecular formula is C9H16O. The van der Waals surface area contributed by atoms with Crippen molar-refractivity contribution >= 4 is 0 Å². The lowest BCUT2D eigenvalue weighted by atomic mass is 9.92. The monoisotopic (exact) mass is 140 g/mol. The minimum atomic E-state index is 0.0538. The SMILES string of the molecule is CC1=CC(C)CC(C)(C)O1. The second-order valence-corrected chi connectivity index (χ2v) is 3.82. The van der Waals surface area contributed by atoms with Gasteiger partial charge >= 0.3 is 0 Å². The maximum Gasteiger partial charge on any atom is 0.103 e. The highest BCUT2D eigenvalue weighted by molar-refractivity contribution is 5.00. The Hall–Kier alpha value is -0.460. The van der Waals surface area contributed by atoms with Crippen LogP contribution >= 0.6 is 0 Å². The molecule has 1 aliphatic heterocycles. The van der Waals surface area contributed by atoms with Crippen LogP contribution in [0.3, 0.4) is 0 Å². The summed E-state index contributed by atoms with van der Waals surface area (Å²) in [6.45, 7) is 8.53. The van der Waals surface area contributed by atoms with Crippen LogP contribution in [0.25, 0.3) is 0 Å². The van der Waals surface area contributed by atoms with Crippen molar-refractivity contribution in [3.05, 3.63) is 11.8 Å². The molecule has 0 spiro atoms. The smallest absolute Gasteiger partial charge is 0.103 e. The molecule has 10 heavy (non-hydrogen) atoms. The fourth-order valence-corrected chi connectivity index (χ4v) is 1.75. The molecule has 0 saturated carbocycles. The van der Waals surface area contributed by atoms with Gasteiger partial charge in [0.1, 0.15) is 5.60 Å². The van der Waals surface area contributed by atoms with Crippen LogP contribution in [0, 0.1) is 5.92 Å². The number of allylic oxidation sites excluding steroid dienone is 2. The Morgan fingerprint density at radius 3 is 2.60 bits per heavy atom. The number of ether oxygens (including phenoxy) is 1. The minimum Gasteiger partial charge on any atom is -0.493 e. The van der Waals surface area contributed by atoms with Gasteiger partial charge < -0.3 is 4.74 Å². The highest BCUT2D eigenvalue weighted by atomic mass is 16.5. The van der Waals surface area contributed by atoms with Gasteiger partial charge in [-0.2, -0.15) is 0 Å². The molecule has 0 fully saturated rings. The van der Waals surface area contributed by atoms with E-state index in [4.69, 9.17) is 4.74 Å². The van der Waals surface area contributed by atoms with Crippen LogP contribution in [-0.2, 0) is 4.74 Å². The summed E-state index contributed by atoms with van der Waals surface area (Å²) in [5.74, 6) is 1.74.